The lowest BCUT2D eigenvalue weighted by molar-refractivity contribution is -0.128. The van der Waals surface area contributed by atoms with E-state index in [4.69, 9.17) is 9.26 Å². The summed E-state index contributed by atoms with van der Waals surface area (Å²) in [6, 6.07) is 2.38. The van der Waals surface area contributed by atoms with Gasteiger partial charge in [0, 0.05) is 38.4 Å². The van der Waals surface area contributed by atoms with Crippen LogP contribution in [0.25, 0.3) is 0 Å². The number of anilines is 1. The molecule has 13 heteroatoms. The quantitative estimate of drug-likeness (QED) is 0.343. The highest BCUT2D eigenvalue weighted by Crippen LogP contribution is 2.58. The minimum absolute atomic E-state index is 0.0200. The van der Waals surface area contributed by atoms with Crippen LogP contribution < -0.4 is 16.0 Å². The van der Waals surface area contributed by atoms with Crippen LogP contribution in [0.3, 0.4) is 0 Å². The number of hydrogen-bond donors (Lipinski definition) is 3. The van der Waals surface area contributed by atoms with Gasteiger partial charge in [-0.25, -0.2) is 4.79 Å². The number of ether oxygens (including phenoxy) is 1. The number of aromatic nitrogens is 3. The molecular weight excluding hydrogens is 578 g/mol. The Bertz CT molecular complexity index is 1440. The number of carbonyl (C=O) groups is 4. The molecule has 2 aromatic rings. The van der Waals surface area contributed by atoms with E-state index in [1.807, 2.05) is 6.92 Å². The zero-order valence-corrected chi connectivity index (χ0v) is 26.6. The first-order chi connectivity index (χ1) is 21.5. The van der Waals surface area contributed by atoms with Crippen molar-refractivity contribution >= 4 is 29.6 Å². The first kappa shape index (κ1) is 31.1. The summed E-state index contributed by atoms with van der Waals surface area (Å²) in [6.45, 7) is 4.58. The van der Waals surface area contributed by atoms with Crippen LogP contribution in [0.2, 0.25) is 0 Å². The molecule has 3 aliphatic carbocycles. The van der Waals surface area contributed by atoms with Crippen LogP contribution >= 0.6 is 0 Å². The van der Waals surface area contributed by atoms with Crippen molar-refractivity contribution in [1.82, 2.24) is 30.5 Å². The first-order valence-electron chi connectivity index (χ1n) is 16.3. The summed E-state index contributed by atoms with van der Waals surface area (Å²) in [5.74, 6) is 0.148. The van der Waals surface area contributed by atoms with E-state index in [0.717, 1.165) is 51.4 Å². The molecule has 45 heavy (non-hydrogen) atoms. The second-order valence-corrected chi connectivity index (χ2v) is 13.9. The monoisotopic (exact) mass is 623 g/mol. The maximum atomic E-state index is 14.1. The Morgan fingerprint density at radius 2 is 1.78 bits per heavy atom. The minimum atomic E-state index is -1.19. The molecule has 13 nitrogen and oxygen atoms in total. The number of methoxy groups -OCH3 is 1. The number of hydrogen-bond acceptors (Lipinski definition) is 8. The van der Waals surface area contributed by atoms with E-state index in [0.29, 0.717) is 30.5 Å². The third kappa shape index (κ3) is 5.93. The molecule has 4 amide bonds. The molecule has 244 valence electrons. The van der Waals surface area contributed by atoms with Gasteiger partial charge in [-0.3, -0.25) is 19.1 Å². The smallest absolute Gasteiger partial charge is 0.409 e. The van der Waals surface area contributed by atoms with Crippen molar-refractivity contribution in [3.63, 3.8) is 0 Å². The summed E-state index contributed by atoms with van der Waals surface area (Å²) in [4.78, 5) is 55.2. The van der Waals surface area contributed by atoms with E-state index in [2.05, 4.69) is 33.1 Å². The Hall–Kier alpha value is -3.90. The predicted octanol–water partition coefficient (Wildman–Crippen LogP) is 3.38. The zero-order chi connectivity index (χ0) is 31.9. The SMILES string of the molecule is COC(=O)N1CCC(C(=O)NC(C)C2CCC2)(c2cc(NC(=O)[C@@H](NC(=O)c3ccnn3C)C(C3CCC3)C3(C)CC3)no2)C1. The van der Waals surface area contributed by atoms with Crippen molar-refractivity contribution in [1.29, 1.82) is 0 Å². The normalized spacial score (nSPS) is 24.5. The zero-order valence-electron chi connectivity index (χ0n) is 26.6. The van der Waals surface area contributed by atoms with Crippen LogP contribution in [-0.2, 0) is 26.8 Å². The molecule has 0 radical (unpaired) electrons. The molecule has 1 saturated heterocycles. The lowest BCUT2D eigenvalue weighted by Gasteiger charge is -2.42. The number of amides is 4. The van der Waals surface area contributed by atoms with Gasteiger partial charge in [0.15, 0.2) is 11.6 Å². The van der Waals surface area contributed by atoms with Crippen molar-refractivity contribution in [3.05, 3.63) is 29.8 Å². The standard InChI is InChI=1S/C32H45N7O6/c1-19(20-7-5-8-20)34-29(42)32(14-16-39(18-32)30(43)44-4)23-17-24(37-45-23)35-28(41)26(36-27(40)22-11-15-33-38(22)3)25(21-9-6-10-21)31(2)12-13-31/h11,15,17,19-21,25-26H,5-10,12-14,16,18H2,1-4H3,(H,34,42)(H,36,40)(H,35,37,41)/t19?,25?,26-,32?/m0/s1. The number of likely N-dealkylation sites (tertiary alicyclic amines) is 1. The highest BCUT2D eigenvalue weighted by atomic mass is 16.5. The van der Waals surface area contributed by atoms with E-state index in [1.165, 1.54) is 16.7 Å². The van der Waals surface area contributed by atoms with Gasteiger partial charge < -0.3 is 30.1 Å². The lowest BCUT2D eigenvalue weighted by atomic mass is 9.66. The van der Waals surface area contributed by atoms with Gasteiger partial charge in [-0.2, -0.15) is 5.10 Å². The Balaban J connectivity index is 1.25. The van der Waals surface area contributed by atoms with Crippen molar-refractivity contribution in [2.75, 3.05) is 25.5 Å². The first-order valence-corrected chi connectivity index (χ1v) is 16.3. The molecule has 0 spiro atoms. The van der Waals surface area contributed by atoms with Crippen LogP contribution in [-0.4, -0.2) is 75.9 Å². The van der Waals surface area contributed by atoms with Crippen LogP contribution in [0.4, 0.5) is 10.6 Å². The van der Waals surface area contributed by atoms with Crippen LogP contribution in [0.15, 0.2) is 22.9 Å². The van der Waals surface area contributed by atoms with Gasteiger partial charge in [-0.05, 0) is 68.3 Å². The van der Waals surface area contributed by atoms with Gasteiger partial charge >= 0.3 is 6.09 Å². The molecule has 3 unspecified atom stereocenters. The summed E-state index contributed by atoms with van der Waals surface area (Å²) in [7, 11) is 3.00. The largest absolute Gasteiger partial charge is 0.453 e. The second kappa shape index (κ2) is 12.1. The van der Waals surface area contributed by atoms with E-state index < -0.39 is 17.6 Å². The molecule has 3 saturated carbocycles. The Kier molecular flexibility index (Phi) is 8.38. The number of aryl methyl sites for hydroxylation is 1. The van der Waals surface area contributed by atoms with E-state index >= 15 is 0 Å². The van der Waals surface area contributed by atoms with Gasteiger partial charge in [-0.15, -0.1) is 0 Å². The molecule has 1 aliphatic heterocycles. The van der Waals surface area contributed by atoms with Gasteiger partial charge in [0.1, 0.15) is 17.2 Å². The summed E-state index contributed by atoms with van der Waals surface area (Å²) >= 11 is 0. The van der Waals surface area contributed by atoms with Gasteiger partial charge in [0.25, 0.3) is 5.91 Å². The molecule has 6 rings (SSSR count). The third-order valence-electron chi connectivity index (χ3n) is 11.1. The topological polar surface area (TPSA) is 161 Å². The summed E-state index contributed by atoms with van der Waals surface area (Å²) < 4.78 is 12.2. The molecule has 3 N–H and O–H groups in total. The Labute approximate surface area is 263 Å². The molecular formula is C32H45N7O6. The number of carbonyl (C=O) groups excluding carboxylic acids is 4. The van der Waals surface area contributed by atoms with Gasteiger partial charge in [-0.1, -0.05) is 37.8 Å². The maximum Gasteiger partial charge on any atom is 0.409 e. The Morgan fingerprint density at radius 1 is 1.07 bits per heavy atom. The predicted molar refractivity (Wildman–Crippen MR) is 163 cm³/mol. The molecule has 2 aromatic heterocycles. The summed E-state index contributed by atoms with van der Waals surface area (Å²) in [6.07, 6.45) is 9.80. The fraction of sp³-hybridized carbons (Fsp3) is 0.688. The van der Waals surface area contributed by atoms with Gasteiger partial charge in [0.2, 0.25) is 11.8 Å². The van der Waals surface area contributed by atoms with Crippen molar-refractivity contribution in [3.8, 4) is 0 Å². The highest BCUT2D eigenvalue weighted by Gasteiger charge is 2.55. The third-order valence-corrected chi connectivity index (χ3v) is 11.1. The maximum absolute atomic E-state index is 14.1. The average molecular weight is 624 g/mol. The van der Waals surface area contributed by atoms with E-state index in [-0.39, 0.29) is 53.2 Å². The fourth-order valence-electron chi connectivity index (χ4n) is 7.46. The van der Waals surface area contributed by atoms with Crippen LogP contribution in [0.1, 0.15) is 87.9 Å². The number of rotatable bonds is 11. The molecule has 0 aromatic carbocycles. The molecule has 4 atom stereocenters. The molecule has 3 heterocycles. The lowest BCUT2D eigenvalue weighted by Crippen LogP contribution is -2.54. The Morgan fingerprint density at radius 3 is 2.36 bits per heavy atom. The van der Waals surface area contributed by atoms with E-state index in [1.54, 1.807) is 25.4 Å². The fourth-order valence-corrected chi connectivity index (χ4v) is 7.46. The number of nitrogens with zero attached hydrogens (tertiary/aromatic N) is 4. The van der Waals surface area contributed by atoms with Crippen LogP contribution in [0.5, 0.6) is 0 Å². The summed E-state index contributed by atoms with van der Waals surface area (Å²) in [5, 5.41) is 17.4. The van der Waals surface area contributed by atoms with Crippen molar-refractivity contribution in [2.45, 2.75) is 89.1 Å². The highest BCUT2D eigenvalue weighted by molar-refractivity contribution is 6.00. The molecule has 4 aliphatic rings. The minimum Gasteiger partial charge on any atom is -0.453 e. The van der Waals surface area contributed by atoms with Gasteiger partial charge in [0.05, 0.1) is 7.11 Å². The van der Waals surface area contributed by atoms with Crippen molar-refractivity contribution in [2.24, 2.45) is 30.2 Å². The molecule has 0 bridgehead atoms. The van der Waals surface area contributed by atoms with E-state index in [9.17, 15) is 19.2 Å². The van der Waals surface area contributed by atoms with Crippen molar-refractivity contribution < 1.29 is 28.4 Å². The average Bonchev–Trinajstić information content (AvgIpc) is 3.34. The van der Waals surface area contributed by atoms with Crippen LogP contribution in [0, 0.1) is 23.2 Å². The molecule has 4 fully saturated rings. The summed E-state index contributed by atoms with van der Waals surface area (Å²) in [5.41, 5.74) is -0.863. The second-order valence-electron chi connectivity index (χ2n) is 13.9. The number of nitrogens with one attached hydrogen (secondary N) is 3.